The summed E-state index contributed by atoms with van der Waals surface area (Å²) >= 11 is 0. The van der Waals surface area contributed by atoms with Crippen LogP contribution in [0.2, 0.25) is 0 Å². The van der Waals surface area contributed by atoms with E-state index in [1.165, 1.54) is 12.1 Å². The quantitative estimate of drug-likeness (QED) is 0.864. The first kappa shape index (κ1) is 19.5. The van der Waals surface area contributed by atoms with Crippen LogP contribution in [0.4, 0.5) is 18.0 Å². The number of carbonyl (C=O) groups excluding carboxylic acids is 2. The number of alkyl halides is 3. The lowest BCUT2D eigenvalue weighted by atomic mass is 10.0. The minimum Gasteiger partial charge on any atom is -0.450 e. The number of carbonyl (C=O) groups is 2. The Morgan fingerprint density at radius 3 is 2.37 bits per heavy atom. The minimum atomic E-state index is -4.35. The zero-order valence-corrected chi connectivity index (χ0v) is 15.1. The second kappa shape index (κ2) is 7.78. The first-order valence-corrected chi connectivity index (χ1v) is 9.18. The van der Waals surface area contributed by atoms with Crippen LogP contribution in [0.5, 0.6) is 0 Å². The van der Waals surface area contributed by atoms with Gasteiger partial charge in [-0.1, -0.05) is 12.1 Å². The standard InChI is InChI=1S/C19H23F3N2O3/c1-2-27-18(26)24-9-7-14(8-10-24)23-17(25)16-11-15(16)12-3-5-13(6-4-12)19(20,21)22/h3-6,14-16H,2,7-11H2,1H3,(H,23,25). The van der Waals surface area contributed by atoms with Crippen molar-refractivity contribution in [2.24, 2.45) is 5.92 Å². The lowest BCUT2D eigenvalue weighted by Crippen LogP contribution is -2.47. The number of piperidine rings is 1. The van der Waals surface area contributed by atoms with E-state index in [0.29, 0.717) is 39.0 Å². The second-order valence-electron chi connectivity index (χ2n) is 7.04. The molecule has 0 radical (unpaired) electrons. The van der Waals surface area contributed by atoms with E-state index in [2.05, 4.69) is 5.32 Å². The van der Waals surface area contributed by atoms with Crippen molar-refractivity contribution in [1.29, 1.82) is 0 Å². The Bertz CT molecular complexity index is 682. The monoisotopic (exact) mass is 384 g/mol. The third-order valence-electron chi connectivity index (χ3n) is 5.16. The first-order valence-electron chi connectivity index (χ1n) is 9.18. The van der Waals surface area contributed by atoms with Crippen LogP contribution in [-0.2, 0) is 15.7 Å². The van der Waals surface area contributed by atoms with Gasteiger partial charge in [-0.25, -0.2) is 4.79 Å². The second-order valence-corrected chi connectivity index (χ2v) is 7.04. The van der Waals surface area contributed by atoms with E-state index in [4.69, 9.17) is 4.74 Å². The molecule has 27 heavy (non-hydrogen) atoms. The van der Waals surface area contributed by atoms with Gasteiger partial charge in [0.15, 0.2) is 0 Å². The molecular formula is C19H23F3N2O3. The number of hydrogen-bond acceptors (Lipinski definition) is 3. The zero-order valence-electron chi connectivity index (χ0n) is 15.1. The van der Waals surface area contributed by atoms with Gasteiger partial charge < -0.3 is 15.0 Å². The maximum Gasteiger partial charge on any atom is 0.416 e. The lowest BCUT2D eigenvalue weighted by Gasteiger charge is -2.31. The minimum absolute atomic E-state index is 0.0111. The summed E-state index contributed by atoms with van der Waals surface area (Å²) in [7, 11) is 0. The van der Waals surface area contributed by atoms with E-state index in [1.807, 2.05) is 0 Å². The molecule has 1 saturated heterocycles. The molecule has 2 atom stereocenters. The van der Waals surface area contributed by atoms with Crippen LogP contribution >= 0.6 is 0 Å². The van der Waals surface area contributed by atoms with E-state index in [0.717, 1.165) is 17.7 Å². The van der Waals surface area contributed by atoms with E-state index in [9.17, 15) is 22.8 Å². The van der Waals surface area contributed by atoms with Gasteiger partial charge in [-0.15, -0.1) is 0 Å². The Kier molecular flexibility index (Phi) is 5.62. The van der Waals surface area contributed by atoms with Gasteiger partial charge in [0.05, 0.1) is 12.2 Å². The van der Waals surface area contributed by atoms with Crippen molar-refractivity contribution in [3.05, 3.63) is 35.4 Å². The summed E-state index contributed by atoms with van der Waals surface area (Å²) < 4.78 is 42.8. The number of benzene rings is 1. The van der Waals surface area contributed by atoms with Crippen molar-refractivity contribution < 1.29 is 27.5 Å². The van der Waals surface area contributed by atoms with Gasteiger partial charge in [0.1, 0.15) is 0 Å². The van der Waals surface area contributed by atoms with Crippen LogP contribution < -0.4 is 5.32 Å². The number of nitrogens with zero attached hydrogens (tertiary/aromatic N) is 1. The molecule has 1 aromatic carbocycles. The normalized spacial score (nSPS) is 23.0. The van der Waals surface area contributed by atoms with Crippen LogP contribution in [0.25, 0.3) is 0 Å². The number of hydrogen-bond donors (Lipinski definition) is 1. The lowest BCUT2D eigenvalue weighted by molar-refractivity contribution is -0.137. The molecule has 0 spiro atoms. The van der Waals surface area contributed by atoms with E-state index < -0.39 is 11.7 Å². The fourth-order valence-corrected chi connectivity index (χ4v) is 3.50. The smallest absolute Gasteiger partial charge is 0.416 e. The van der Waals surface area contributed by atoms with Crippen molar-refractivity contribution >= 4 is 12.0 Å². The molecule has 1 aliphatic heterocycles. The maximum atomic E-state index is 12.6. The van der Waals surface area contributed by atoms with Crippen LogP contribution in [-0.4, -0.2) is 42.6 Å². The molecule has 5 nitrogen and oxygen atoms in total. The molecule has 2 amide bonds. The Labute approximate surface area is 155 Å². The third kappa shape index (κ3) is 4.73. The van der Waals surface area contributed by atoms with Gasteiger partial charge >= 0.3 is 12.3 Å². The Morgan fingerprint density at radius 1 is 1.19 bits per heavy atom. The molecule has 3 rings (SSSR count). The van der Waals surface area contributed by atoms with Crippen LogP contribution in [0.1, 0.15) is 43.2 Å². The molecule has 1 saturated carbocycles. The molecule has 0 aromatic heterocycles. The number of nitrogens with one attached hydrogen (secondary N) is 1. The van der Waals surface area contributed by atoms with Gasteiger partial charge in [-0.05, 0) is 49.8 Å². The number of likely N-dealkylation sites (tertiary alicyclic amines) is 1. The van der Waals surface area contributed by atoms with E-state index in [-0.39, 0.29) is 29.9 Å². The maximum absolute atomic E-state index is 12.6. The Hall–Kier alpha value is -2.25. The SMILES string of the molecule is CCOC(=O)N1CCC(NC(=O)C2CC2c2ccc(C(F)(F)F)cc2)CC1. The van der Waals surface area contributed by atoms with Crippen molar-refractivity contribution in [2.45, 2.75) is 44.3 Å². The summed E-state index contributed by atoms with van der Waals surface area (Å²) in [4.78, 5) is 25.7. The predicted octanol–water partition coefficient (Wildman–Crippen LogP) is 3.55. The van der Waals surface area contributed by atoms with Crippen LogP contribution in [0.3, 0.4) is 0 Å². The topological polar surface area (TPSA) is 58.6 Å². The predicted molar refractivity (Wildman–Crippen MR) is 92.1 cm³/mol. The number of amides is 2. The molecular weight excluding hydrogens is 361 g/mol. The highest BCUT2D eigenvalue weighted by molar-refractivity contribution is 5.83. The van der Waals surface area contributed by atoms with Gasteiger partial charge in [-0.3, -0.25) is 4.79 Å². The third-order valence-corrected chi connectivity index (χ3v) is 5.16. The largest absolute Gasteiger partial charge is 0.450 e. The van der Waals surface area contributed by atoms with Crippen molar-refractivity contribution in [1.82, 2.24) is 10.2 Å². The van der Waals surface area contributed by atoms with E-state index >= 15 is 0 Å². The summed E-state index contributed by atoms with van der Waals surface area (Å²) in [6.07, 6.45) is -2.69. The molecule has 148 valence electrons. The number of ether oxygens (including phenoxy) is 1. The summed E-state index contributed by atoms with van der Waals surface area (Å²) in [5.74, 6) is -0.272. The van der Waals surface area contributed by atoms with Crippen LogP contribution in [0, 0.1) is 5.92 Å². The molecule has 2 aliphatic rings. The van der Waals surface area contributed by atoms with Gasteiger partial charge in [0.2, 0.25) is 5.91 Å². The molecule has 1 heterocycles. The molecule has 0 bridgehead atoms. The summed E-state index contributed by atoms with van der Waals surface area (Å²) in [5.41, 5.74) is 0.0848. The van der Waals surface area contributed by atoms with Gasteiger partial charge in [0, 0.05) is 25.0 Å². The fraction of sp³-hybridized carbons (Fsp3) is 0.579. The zero-order chi connectivity index (χ0) is 19.6. The Balaban J connectivity index is 1.46. The highest BCUT2D eigenvalue weighted by atomic mass is 19.4. The molecule has 2 fully saturated rings. The van der Waals surface area contributed by atoms with Crippen molar-refractivity contribution in [2.75, 3.05) is 19.7 Å². The molecule has 1 aliphatic carbocycles. The highest BCUT2D eigenvalue weighted by Crippen LogP contribution is 2.48. The van der Waals surface area contributed by atoms with Gasteiger partial charge in [0.25, 0.3) is 0 Å². The average Bonchev–Trinajstić information content (AvgIpc) is 3.43. The average molecular weight is 384 g/mol. The van der Waals surface area contributed by atoms with E-state index in [1.54, 1.807) is 11.8 Å². The van der Waals surface area contributed by atoms with Gasteiger partial charge in [-0.2, -0.15) is 13.2 Å². The summed E-state index contributed by atoms with van der Waals surface area (Å²) in [6.45, 7) is 3.17. The first-order chi connectivity index (χ1) is 12.8. The summed E-state index contributed by atoms with van der Waals surface area (Å²) in [5, 5.41) is 3.01. The van der Waals surface area contributed by atoms with Crippen molar-refractivity contribution in [3.8, 4) is 0 Å². The molecule has 2 unspecified atom stereocenters. The molecule has 8 heteroatoms. The summed E-state index contributed by atoms with van der Waals surface area (Å²) in [6, 6.07) is 5.05. The molecule has 1 N–H and O–H groups in total. The highest BCUT2D eigenvalue weighted by Gasteiger charge is 2.44. The number of halogens is 3. The molecule has 1 aromatic rings. The Morgan fingerprint density at radius 2 is 1.81 bits per heavy atom. The fourth-order valence-electron chi connectivity index (χ4n) is 3.50. The van der Waals surface area contributed by atoms with Crippen molar-refractivity contribution in [3.63, 3.8) is 0 Å². The number of rotatable bonds is 4. The van der Waals surface area contributed by atoms with Crippen LogP contribution in [0.15, 0.2) is 24.3 Å².